The van der Waals surface area contributed by atoms with Gasteiger partial charge in [0.1, 0.15) is 6.26 Å². The van der Waals surface area contributed by atoms with Crippen molar-refractivity contribution in [1.29, 1.82) is 0 Å². The molecule has 0 atom stereocenters. The summed E-state index contributed by atoms with van der Waals surface area (Å²) in [5, 5.41) is 2.95. The van der Waals surface area contributed by atoms with Gasteiger partial charge in [0.05, 0.1) is 16.7 Å². The highest BCUT2D eigenvalue weighted by molar-refractivity contribution is 7.92. The number of carbonyl (C=O) groups excluding carboxylic acids is 2. The molecule has 172 valence electrons. The Morgan fingerprint density at radius 3 is 2.39 bits per heavy atom. The topological polar surface area (TPSA) is 109 Å². The van der Waals surface area contributed by atoms with E-state index in [-0.39, 0.29) is 28.3 Å². The molecule has 9 heteroatoms. The lowest BCUT2D eigenvalue weighted by Crippen LogP contribution is -2.46. The number of nitrogens with one attached hydrogen (secondary N) is 2. The van der Waals surface area contributed by atoms with Gasteiger partial charge in [-0.3, -0.25) is 14.3 Å². The molecule has 2 heterocycles. The van der Waals surface area contributed by atoms with Gasteiger partial charge in [-0.15, -0.1) is 0 Å². The van der Waals surface area contributed by atoms with Gasteiger partial charge in [-0.05, 0) is 56.2 Å². The third-order valence-corrected chi connectivity index (χ3v) is 6.97. The summed E-state index contributed by atoms with van der Waals surface area (Å²) in [7, 11) is -3.84. The van der Waals surface area contributed by atoms with Crippen LogP contribution in [0.25, 0.3) is 0 Å². The van der Waals surface area contributed by atoms with Gasteiger partial charge in [-0.25, -0.2) is 8.42 Å². The van der Waals surface area contributed by atoms with Crippen LogP contribution < -0.4 is 10.0 Å². The van der Waals surface area contributed by atoms with E-state index in [1.54, 1.807) is 35.2 Å². The molecule has 1 fully saturated rings. The molecule has 33 heavy (non-hydrogen) atoms. The van der Waals surface area contributed by atoms with Crippen molar-refractivity contribution in [2.45, 2.75) is 30.7 Å². The van der Waals surface area contributed by atoms with Crippen molar-refractivity contribution in [1.82, 2.24) is 10.2 Å². The monoisotopic (exact) mass is 467 g/mol. The number of anilines is 1. The lowest BCUT2D eigenvalue weighted by Gasteiger charge is -2.32. The van der Waals surface area contributed by atoms with E-state index in [1.807, 2.05) is 19.1 Å². The molecule has 0 unspecified atom stereocenters. The highest BCUT2D eigenvalue weighted by atomic mass is 32.2. The van der Waals surface area contributed by atoms with Gasteiger partial charge in [0, 0.05) is 30.4 Å². The second-order valence-corrected chi connectivity index (χ2v) is 9.73. The lowest BCUT2D eigenvalue weighted by atomic mass is 10.0. The number of benzene rings is 2. The Balaban J connectivity index is 1.37. The van der Waals surface area contributed by atoms with Gasteiger partial charge in [0.15, 0.2) is 0 Å². The minimum atomic E-state index is -3.84. The fraction of sp³-hybridized carbons (Fsp3) is 0.250. The van der Waals surface area contributed by atoms with Crippen LogP contribution in [0.4, 0.5) is 5.69 Å². The Morgan fingerprint density at radius 1 is 1.00 bits per heavy atom. The Bertz CT molecular complexity index is 1230. The molecule has 3 aromatic rings. The standard InChI is InChI=1S/C24H25N3O5S/c1-17-5-7-21(8-6-17)26-33(30,31)22-4-2-3-18(15-22)23(28)25-20-9-12-27(13-10-20)24(29)19-11-14-32-16-19/h2-8,11,14-16,20,26H,9-10,12-13H2,1H3,(H,25,28). The maximum atomic E-state index is 12.8. The number of carbonyl (C=O) groups is 2. The van der Waals surface area contributed by atoms with Crippen molar-refractivity contribution in [3.63, 3.8) is 0 Å². The van der Waals surface area contributed by atoms with Crippen LogP contribution >= 0.6 is 0 Å². The number of nitrogens with zero attached hydrogens (tertiary/aromatic N) is 1. The molecule has 1 saturated heterocycles. The maximum Gasteiger partial charge on any atom is 0.261 e. The van der Waals surface area contributed by atoms with E-state index in [2.05, 4.69) is 10.0 Å². The summed E-state index contributed by atoms with van der Waals surface area (Å²) >= 11 is 0. The molecule has 8 nitrogen and oxygen atoms in total. The number of rotatable bonds is 6. The Kier molecular flexibility index (Phi) is 6.50. The zero-order valence-corrected chi connectivity index (χ0v) is 19.0. The zero-order chi connectivity index (χ0) is 23.4. The molecule has 2 aromatic carbocycles. The predicted molar refractivity (Wildman–Crippen MR) is 124 cm³/mol. The fourth-order valence-corrected chi connectivity index (χ4v) is 4.81. The first kappa shape index (κ1) is 22.6. The molecule has 0 aliphatic carbocycles. The summed E-state index contributed by atoms with van der Waals surface area (Å²) in [4.78, 5) is 26.9. The number of piperidine rings is 1. The van der Waals surface area contributed by atoms with E-state index in [0.717, 1.165) is 5.56 Å². The first-order chi connectivity index (χ1) is 15.8. The molecule has 2 amide bonds. The van der Waals surface area contributed by atoms with E-state index in [0.29, 0.717) is 37.2 Å². The van der Waals surface area contributed by atoms with Crippen LogP contribution in [-0.4, -0.2) is 44.3 Å². The largest absolute Gasteiger partial charge is 0.472 e. The lowest BCUT2D eigenvalue weighted by molar-refractivity contribution is 0.0697. The molecule has 0 spiro atoms. The number of aryl methyl sites for hydroxylation is 1. The van der Waals surface area contributed by atoms with E-state index >= 15 is 0 Å². The highest BCUT2D eigenvalue weighted by Gasteiger charge is 2.26. The summed E-state index contributed by atoms with van der Waals surface area (Å²) in [6, 6.07) is 14.5. The summed E-state index contributed by atoms with van der Waals surface area (Å²) in [5.41, 5.74) is 2.24. The summed E-state index contributed by atoms with van der Waals surface area (Å²) in [6.45, 7) is 2.95. The Hall–Kier alpha value is -3.59. The molecule has 0 saturated carbocycles. The van der Waals surface area contributed by atoms with Crippen LogP contribution in [0.3, 0.4) is 0 Å². The van der Waals surface area contributed by atoms with E-state index in [4.69, 9.17) is 4.42 Å². The van der Waals surface area contributed by atoms with Crippen molar-refractivity contribution >= 4 is 27.5 Å². The van der Waals surface area contributed by atoms with Gasteiger partial charge in [-0.2, -0.15) is 0 Å². The molecule has 4 rings (SSSR count). The van der Waals surface area contributed by atoms with Crippen LogP contribution in [0.2, 0.25) is 0 Å². The Labute approximate surface area is 192 Å². The third-order valence-electron chi connectivity index (χ3n) is 5.60. The molecular formula is C24H25N3O5S. The molecule has 0 bridgehead atoms. The first-order valence-electron chi connectivity index (χ1n) is 10.6. The molecule has 0 radical (unpaired) electrons. The average molecular weight is 468 g/mol. The second kappa shape index (κ2) is 9.50. The highest BCUT2D eigenvalue weighted by Crippen LogP contribution is 2.19. The summed E-state index contributed by atoms with van der Waals surface area (Å²) < 4.78 is 33.0. The normalized spacial score (nSPS) is 14.6. The van der Waals surface area contributed by atoms with Gasteiger partial charge < -0.3 is 14.6 Å². The Morgan fingerprint density at radius 2 is 1.73 bits per heavy atom. The van der Waals surface area contributed by atoms with Gasteiger partial charge >= 0.3 is 0 Å². The molecule has 2 N–H and O–H groups in total. The summed E-state index contributed by atoms with van der Waals surface area (Å²) in [6.07, 6.45) is 4.11. The molecular weight excluding hydrogens is 442 g/mol. The second-order valence-electron chi connectivity index (χ2n) is 8.05. The number of hydrogen-bond donors (Lipinski definition) is 2. The molecule has 1 aliphatic heterocycles. The smallest absolute Gasteiger partial charge is 0.261 e. The number of sulfonamides is 1. The van der Waals surface area contributed by atoms with Crippen LogP contribution in [0, 0.1) is 6.92 Å². The van der Waals surface area contributed by atoms with Crippen LogP contribution in [0.5, 0.6) is 0 Å². The number of amides is 2. The minimum absolute atomic E-state index is 0.0104. The van der Waals surface area contributed by atoms with Gasteiger partial charge in [-0.1, -0.05) is 23.8 Å². The van der Waals surface area contributed by atoms with Crippen molar-refractivity contribution in [2.24, 2.45) is 0 Å². The van der Waals surface area contributed by atoms with E-state index in [1.165, 1.54) is 24.7 Å². The predicted octanol–water partition coefficient (Wildman–Crippen LogP) is 3.42. The zero-order valence-electron chi connectivity index (χ0n) is 18.2. The first-order valence-corrected chi connectivity index (χ1v) is 12.1. The van der Waals surface area contributed by atoms with Crippen molar-refractivity contribution < 1.29 is 22.4 Å². The van der Waals surface area contributed by atoms with Crippen molar-refractivity contribution in [3.05, 3.63) is 83.8 Å². The SMILES string of the molecule is Cc1ccc(NS(=O)(=O)c2cccc(C(=O)NC3CCN(C(=O)c4ccoc4)CC3)c2)cc1. The molecule has 1 aliphatic rings. The van der Waals surface area contributed by atoms with Crippen molar-refractivity contribution in [3.8, 4) is 0 Å². The van der Waals surface area contributed by atoms with E-state index in [9.17, 15) is 18.0 Å². The fourth-order valence-electron chi connectivity index (χ4n) is 3.70. The number of likely N-dealkylation sites (tertiary alicyclic amines) is 1. The van der Waals surface area contributed by atoms with Crippen LogP contribution in [0.1, 0.15) is 39.1 Å². The number of furan rings is 1. The average Bonchev–Trinajstić information content (AvgIpc) is 3.36. The summed E-state index contributed by atoms with van der Waals surface area (Å²) in [5.74, 6) is -0.436. The third kappa shape index (κ3) is 5.43. The number of hydrogen-bond acceptors (Lipinski definition) is 5. The van der Waals surface area contributed by atoms with Gasteiger partial charge in [0.2, 0.25) is 0 Å². The maximum absolute atomic E-state index is 12.8. The minimum Gasteiger partial charge on any atom is -0.472 e. The molecule has 1 aromatic heterocycles. The van der Waals surface area contributed by atoms with Gasteiger partial charge in [0.25, 0.3) is 21.8 Å². The quantitative estimate of drug-likeness (QED) is 0.577. The van der Waals surface area contributed by atoms with E-state index < -0.39 is 10.0 Å². The van der Waals surface area contributed by atoms with Crippen molar-refractivity contribution in [2.75, 3.05) is 17.8 Å². The van der Waals surface area contributed by atoms with Crippen LogP contribution in [0.15, 0.2) is 76.4 Å². The van der Waals surface area contributed by atoms with Crippen LogP contribution in [-0.2, 0) is 10.0 Å².